The third-order valence-electron chi connectivity index (χ3n) is 2.87. The molecular weight excluding hydrogens is 275 g/mol. The first kappa shape index (κ1) is 16.1. The van der Waals surface area contributed by atoms with Crippen LogP contribution in [0.25, 0.3) is 0 Å². The Bertz CT molecular complexity index is 423. The van der Waals surface area contributed by atoms with Gasteiger partial charge in [0.25, 0.3) is 0 Å². The highest BCUT2D eigenvalue weighted by molar-refractivity contribution is 7.98. The van der Waals surface area contributed by atoms with Crippen molar-refractivity contribution in [3.05, 3.63) is 23.4 Å². The van der Waals surface area contributed by atoms with Crippen molar-refractivity contribution >= 4 is 17.6 Å². The number of nitrogens with zero attached hydrogens (tertiary/aromatic N) is 2. The zero-order chi connectivity index (χ0) is 14.6. The Labute approximate surface area is 115 Å². The molecule has 0 radical (unpaired) electrons. The topological polar surface area (TPSA) is 42.2 Å². The number of nitrogens with two attached hydrogens (primary N) is 1. The van der Waals surface area contributed by atoms with Crippen LogP contribution in [-0.2, 0) is 12.7 Å². The lowest BCUT2D eigenvalue weighted by Gasteiger charge is -2.27. The van der Waals surface area contributed by atoms with Crippen molar-refractivity contribution in [3.63, 3.8) is 0 Å². The molecular formula is C12H18F3N3S. The van der Waals surface area contributed by atoms with E-state index in [4.69, 9.17) is 5.73 Å². The highest BCUT2D eigenvalue weighted by Gasteiger charge is 2.33. The third-order valence-corrected chi connectivity index (χ3v) is 3.69. The minimum absolute atomic E-state index is 0.0799. The molecule has 1 unspecified atom stereocenters. The van der Waals surface area contributed by atoms with Crippen molar-refractivity contribution in [3.8, 4) is 0 Å². The van der Waals surface area contributed by atoms with Crippen molar-refractivity contribution in [2.24, 2.45) is 5.73 Å². The predicted molar refractivity (Wildman–Crippen MR) is 73.4 cm³/mol. The van der Waals surface area contributed by atoms with Gasteiger partial charge in [-0.1, -0.05) is 6.07 Å². The summed E-state index contributed by atoms with van der Waals surface area (Å²) in [5, 5.41) is 0. The molecule has 1 atom stereocenters. The molecule has 0 bridgehead atoms. The van der Waals surface area contributed by atoms with E-state index in [1.807, 2.05) is 13.2 Å². The van der Waals surface area contributed by atoms with Gasteiger partial charge in [0.15, 0.2) is 0 Å². The van der Waals surface area contributed by atoms with E-state index in [0.717, 1.165) is 11.8 Å². The molecule has 19 heavy (non-hydrogen) atoms. The van der Waals surface area contributed by atoms with Gasteiger partial charge in [-0.3, -0.25) is 0 Å². The maximum Gasteiger partial charge on any atom is 0.433 e. The van der Waals surface area contributed by atoms with E-state index in [1.165, 1.54) is 6.07 Å². The van der Waals surface area contributed by atoms with Crippen molar-refractivity contribution < 1.29 is 13.2 Å². The van der Waals surface area contributed by atoms with E-state index in [2.05, 4.69) is 4.98 Å². The summed E-state index contributed by atoms with van der Waals surface area (Å²) < 4.78 is 38.1. The van der Waals surface area contributed by atoms with Gasteiger partial charge in [-0.25, -0.2) is 4.98 Å². The van der Waals surface area contributed by atoms with Crippen LogP contribution in [0.15, 0.2) is 12.1 Å². The third kappa shape index (κ3) is 4.01. The second-order valence-electron chi connectivity index (χ2n) is 4.30. The van der Waals surface area contributed by atoms with Gasteiger partial charge >= 0.3 is 6.18 Å². The molecule has 0 aliphatic heterocycles. The number of pyridine rings is 1. The Morgan fingerprint density at radius 1 is 1.42 bits per heavy atom. The smallest absolute Gasteiger partial charge is 0.356 e. The Hall–Kier alpha value is -0.950. The zero-order valence-corrected chi connectivity index (χ0v) is 12.0. The average Bonchev–Trinajstić information content (AvgIpc) is 2.36. The molecule has 2 N–H and O–H groups in total. The van der Waals surface area contributed by atoms with Crippen molar-refractivity contribution in [2.45, 2.75) is 25.7 Å². The quantitative estimate of drug-likeness (QED) is 0.906. The first-order valence-corrected chi connectivity index (χ1v) is 7.19. The normalized spacial score (nSPS) is 13.4. The van der Waals surface area contributed by atoms with Gasteiger partial charge in [0.1, 0.15) is 11.5 Å². The lowest BCUT2D eigenvalue weighted by Crippen LogP contribution is -2.33. The number of rotatable bonds is 5. The number of hydrogen-bond acceptors (Lipinski definition) is 4. The molecule has 3 nitrogen and oxygen atoms in total. The SMILES string of the molecule is CSCC(C)N(C)c1nc(C(F)(F)F)ccc1CN. The molecule has 108 valence electrons. The molecule has 0 spiro atoms. The van der Waals surface area contributed by atoms with E-state index in [9.17, 15) is 13.2 Å². The van der Waals surface area contributed by atoms with Gasteiger partial charge < -0.3 is 10.6 Å². The van der Waals surface area contributed by atoms with Gasteiger partial charge in [0, 0.05) is 31.0 Å². The van der Waals surface area contributed by atoms with E-state index in [-0.39, 0.29) is 12.6 Å². The summed E-state index contributed by atoms with van der Waals surface area (Å²) in [6, 6.07) is 2.45. The monoisotopic (exact) mass is 293 g/mol. The zero-order valence-electron chi connectivity index (χ0n) is 11.2. The number of aromatic nitrogens is 1. The first-order valence-electron chi connectivity index (χ1n) is 5.80. The Balaban J connectivity index is 3.15. The maximum absolute atomic E-state index is 12.7. The summed E-state index contributed by atoms with van der Waals surface area (Å²) in [4.78, 5) is 5.47. The highest BCUT2D eigenvalue weighted by Crippen LogP contribution is 2.30. The summed E-state index contributed by atoms with van der Waals surface area (Å²) >= 11 is 1.63. The van der Waals surface area contributed by atoms with E-state index < -0.39 is 11.9 Å². The molecule has 0 aromatic carbocycles. The van der Waals surface area contributed by atoms with Crippen LogP contribution in [0.5, 0.6) is 0 Å². The standard InChI is InChI=1S/C12H18F3N3S/c1-8(7-19-3)18(2)11-9(6-16)4-5-10(17-11)12(13,14)15/h4-5,8H,6-7,16H2,1-3H3. The van der Waals surface area contributed by atoms with E-state index >= 15 is 0 Å². The van der Waals surface area contributed by atoms with Crippen LogP contribution in [0.2, 0.25) is 0 Å². The molecule has 0 aliphatic rings. The minimum atomic E-state index is -4.44. The number of halogens is 3. The maximum atomic E-state index is 12.7. The molecule has 1 heterocycles. The fourth-order valence-electron chi connectivity index (χ4n) is 1.66. The van der Waals surface area contributed by atoms with E-state index in [0.29, 0.717) is 11.4 Å². The van der Waals surface area contributed by atoms with Crippen molar-refractivity contribution in [1.82, 2.24) is 4.98 Å². The molecule has 0 fully saturated rings. The van der Waals surface area contributed by atoms with Crippen LogP contribution < -0.4 is 10.6 Å². The summed E-state index contributed by atoms with van der Waals surface area (Å²) in [7, 11) is 1.74. The lowest BCUT2D eigenvalue weighted by atomic mass is 10.2. The fourth-order valence-corrected chi connectivity index (χ4v) is 2.37. The van der Waals surface area contributed by atoms with Gasteiger partial charge in [-0.05, 0) is 19.2 Å². The summed E-state index contributed by atoms with van der Waals surface area (Å²) in [6.45, 7) is 2.11. The molecule has 0 amide bonds. The highest BCUT2D eigenvalue weighted by atomic mass is 32.2. The summed E-state index contributed by atoms with van der Waals surface area (Å²) in [5.74, 6) is 1.11. The number of alkyl halides is 3. The van der Waals surface area contributed by atoms with Crippen LogP contribution in [0.3, 0.4) is 0 Å². The minimum Gasteiger partial charge on any atom is -0.356 e. The molecule has 1 aromatic heterocycles. The average molecular weight is 293 g/mol. The Kier molecular flexibility index (Phi) is 5.49. The van der Waals surface area contributed by atoms with Crippen LogP contribution in [0.4, 0.5) is 19.0 Å². The number of thioether (sulfide) groups is 1. The lowest BCUT2D eigenvalue weighted by molar-refractivity contribution is -0.141. The molecule has 0 saturated carbocycles. The van der Waals surface area contributed by atoms with Crippen molar-refractivity contribution in [1.29, 1.82) is 0 Å². The molecule has 1 aromatic rings. The Morgan fingerprint density at radius 2 is 2.05 bits per heavy atom. The fraction of sp³-hybridized carbons (Fsp3) is 0.583. The second-order valence-corrected chi connectivity index (χ2v) is 5.21. The number of anilines is 1. The van der Waals surface area contributed by atoms with E-state index in [1.54, 1.807) is 23.7 Å². The molecule has 1 rings (SSSR count). The predicted octanol–water partition coefficient (Wildman–Crippen LogP) is 2.75. The van der Waals surface area contributed by atoms with Gasteiger partial charge in [0.05, 0.1) is 0 Å². The summed E-state index contributed by atoms with van der Waals surface area (Å²) in [5.41, 5.74) is 5.30. The summed E-state index contributed by atoms with van der Waals surface area (Å²) in [6.07, 6.45) is -2.49. The first-order chi connectivity index (χ1) is 8.81. The molecule has 0 aliphatic carbocycles. The second kappa shape index (κ2) is 6.47. The van der Waals surface area contributed by atoms with Gasteiger partial charge in [0.2, 0.25) is 0 Å². The van der Waals surface area contributed by atoms with Crippen LogP contribution in [0.1, 0.15) is 18.2 Å². The Morgan fingerprint density at radius 3 is 2.53 bits per heavy atom. The molecule has 0 saturated heterocycles. The number of hydrogen-bond donors (Lipinski definition) is 1. The van der Waals surface area contributed by atoms with Gasteiger partial charge in [-0.2, -0.15) is 24.9 Å². The van der Waals surface area contributed by atoms with Crippen LogP contribution >= 0.6 is 11.8 Å². The van der Waals surface area contributed by atoms with Crippen LogP contribution in [0, 0.1) is 0 Å². The van der Waals surface area contributed by atoms with Crippen LogP contribution in [-0.4, -0.2) is 30.1 Å². The van der Waals surface area contributed by atoms with Crippen molar-refractivity contribution in [2.75, 3.05) is 24.0 Å². The van der Waals surface area contributed by atoms with Gasteiger partial charge in [-0.15, -0.1) is 0 Å². The largest absolute Gasteiger partial charge is 0.433 e. The molecule has 7 heteroatoms.